The number of hydrogen-bond donors (Lipinski definition) is 0. The van der Waals surface area contributed by atoms with Gasteiger partial charge >= 0.3 is 0 Å². The van der Waals surface area contributed by atoms with E-state index in [4.69, 9.17) is 4.74 Å². The summed E-state index contributed by atoms with van der Waals surface area (Å²) in [7, 11) is 0. The number of fused-ring (bicyclic) bond motifs is 1. The molecule has 0 saturated heterocycles. The highest BCUT2D eigenvalue weighted by Gasteiger charge is 2.20. The third kappa shape index (κ3) is 3.74. The van der Waals surface area contributed by atoms with Crippen molar-refractivity contribution in [3.63, 3.8) is 0 Å². The van der Waals surface area contributed by atoms with Crippen LogP contribution in [0.3, 0.4) is 0 Å². The van der Waals surface area contributed by atoms with Gasteiger partial charge in [-0.1, -0.05) is 48.5 Å². The Hall–Kier alpha value is -2.61. The number of Topliss-reactive ketones (excluding diaryl/α,β-unsaturated/α-hetero) is 1. The van der Waals surface area contributed by atoms with Crippen LogP contribution in [0.1, 0.15) is 42.7 Å². The number of ether oxygens (including phenoxy) is 1. The molecule has 25 heavy (non-hydrogen) atoms. The number of carbonyl (C=O) groups excluding carboxylic acids is 1. The summed E-state index contributed by atoms with van der Waals surface area (Å²) in [6.07, 6.45) is 3.36. The topological polar surface area (TPSA) is 26.3 Å². The van der Waals surface area contributed by atoms with Gasteiger partial charge in [0.1, 0.15) is 18.1 Å². The molecular formula is C23H22O2. The molecule has 0 bridgehead atoms. The number of benzene rings is 3. The quantitative estimate of drug-likeness (QED) is 0.618. The van der Waals surface area contributed by atoms with Crippen LogP contribution in [0, 0.1) is 0 Å². The SMILES string of the molecule is O=C1CCC(c2cccc(OCc3ccc4ccccc4c3)c2)CC1. The Morgan fingerprint density at radius 3 is 2.48 bits per heavy atom. The van der Waals surface area contributed by atoms with Crippen molar-refractivity contribution in [1.82, 2.24) is 0 Å². The summed E-state index contributed by atoms with van der Waals surface area (Å²) >= 11 is 0. The second-order valence-corrected chi connectivity index (χ2v) is 6.86. The number of hydrogen-bond acceptors (Lipinski definition) is 2. The van der Waals surface area contributed by atoms with Gasteiger partial charge in [-0.05, 0) is 58.9 Å². The average molecular weight is 330 g/mol. The molecule has 3 aromatic rings. The van der Waals surface area contributed by atoms with Crippen molar-refractivity contribution in [3.8, 4) is 5.75 Å². The smallest absolute Gasteiger partial charge is 0.132 e. The number of carbonyl (C=O) groups is 1. The van der Waals surface area contributed by atoms with Crippen LogP contribution in [-0.2, 0) is 11.4 Å². The molecule has 3 aromatic carbocycles. The van der Waals surface area contributed by atoms with E-state index in [2.05, 4.69) is 60.7 Å². The predicted octanol–water partition coefficient (Wildman–Crippen LogP) is 5.65. The Morgan fingerprint density at radius 2 is 1.64 bits per heavy atom. The van der Waals surface area contributed by atoms with Gasteiger partial charge in [-0.3, -0.25) is 4.79 Å². The minimum atomic E-state index is 0.403. The van der Waals surface area contributed by atoms with E-state index in [1.807, 2.05) is 6.07 Å². The van der Waals surface area contributed by atoms with Crippen molar-refractivity contribution in [3.05, 3.63) is 77.9 Å². The fourth-order valence-corrected chi connectivity index (χ4v) is 3.63. The van der Waals surface area contributed by atoms with E-state index in [-0.39, 0.29) is 0 Å². The minimum Gasteiger partial charge on any atom is -0.489 e. The lowest BCUT2D eigenvalue weighted by Gasteiger charge is -2.21. The fourth-order valence-electron chi connectivity index (χ4n) is 3.63. The first-order valence-electron chi connectivity index (χ1n) is 9.00. The van der Waals surface area contributed by atoms with Crippen LogP contribution in [0.4, 0.5) is 0 Å². The van der Waals surface area contributed by atoms with Gasteiger partial charge in [0.05, 0.1) is 0 Å². The van der Waals surface area contributed by atoms with E-state index >= 15 is 0 Å². The Balaban J connectivity index is 1.45. The van der Waals surface area contributed by atoms with Gasteiger partial charge in [-0.2, -0.15) is 0 Å². The third-order valence-electron chi connectivity index (χ3n) is 5.09. The van der Waals surface area contributed by atoms with Crippen LogP contribution in [0.5, 0.6) is 5.75 Å². The number of ketones is 1. The van der Waals surface area contributed by atoms with Crippen LogP contribution < -0.4 is 4.74 Å². The van der Waals surface area contributed by atoms with Crippen LogP contribution in [-0.4, -0.2) is 5.78 Å². The first-order valence-corrected chi connectivity index (χ1v) is 9.00. The van der Waals surface area contributed by atoms with Crippen LogP contribution in [0.15, 0.2) is 66.7 Å². The van der Waals surface area contributed by atoms with E-state index in [9.17, 15) is 4.79 Å². The van der Waals surface area contributed by atoms with Gasteiger partial charge in [-0.25, -0.2) is 0 Å². The Morgan fingerprint density at radius 1 is 0.840 bits per heavy atom. The summed E-state index contributed by atoms with van der Waals surface area (Å²) < 4.78 is 6.03. The number of rotatable bonds is 4. The Kier molecular flexibility index (Phi) is 4.51. The van der Waals surface area contributed by atoms with Gasteiger partial charge < -0.3 is 4.74 Å². The van der Waals surface area contributed by atoms with Gasteiger partial charge in [0.2, 0.25) is 0 Å². The second kappa shape index (κ2) is 7.10. The first kappa shape index (κ1) is 15.9. The molecule has 0 radical (unpaired) electrons. The maximum Gasteiger partial charge on any atom is 0.132 e. The molecule has 0 unspecified atom stereocenters. The molecule has 0 aliphatic heterocycles. The minimum absolute atomic E-state index is 0.403. The van der Waals surface area contributed by atoms with E-state index in [0.717, 1.165) is 18.6 Å². The Labute approximate surface area is 148 Å². The zero-order valence-electron chi connectivity index (χ0n) is 14.3. The summed E-state index contributed by atoms with van der Waals surface area (Å²) in [6, 6.07) is 23.2. The van der Waals surface area contributed by atoms with Gasteiger partial charge in [-0.15, -0.1) is 0 Å². The molecule has 1 aliphatic carbocycles. The predicted molar refractivity (Wildman–Crippen MR) is 101 cm³/mol. The summed E-state index contributed by atoms with van der Waals surface area (Å²) in [6.45, 7) is 0.567. The van der Waals surface area contributed by atoms with Crippen molar-refractivity contribution in [2.45, 2.75) is 38.2 Å². The highest BCUT2D eigenvalue weighted by molar-refractivity contribution is 5.83. The van der Waals surface area contributed by atoms with E-state index in [0.29, 0.717) is 31.1 Å². The monoisotopic (exact) mass is 330 g/mol. The first-order chi connectivity index (χ1) is 12.3. The molecule has 1 aliphatic rings. The van der Waals surface area contributed by atoms with Crippen molar-refractivity contribution >= 4 is 16.6 Å². The van der Waals surface area contributed by atoms with E-state index in [1.54, 1.807) is 0 Å². The largest absolute Gasteiger partial charge is 0.489 e. The molecule has 2 nitrogen and oxygen atoms in total. The third-order valence-corrected chi connectivity index (χ3v) is 5.09. The molecule has 0 atom stereocenters. The molecular weight excluding hydrogens is 308 g/mol. The molecule has 126 valence electrons. The molecule has 1 saturated carbocycles. The van der Waals surface area contributed by atoms with E-state index in [1.165, 1.54) is 21.9 Å². The lowest BCUT2D eigenvalue weighted by molar-refractivity contribution is -0.120. The van der Waals surface area contributed by atoms with Crippen molar-refractivity contribution in [2.75, 3.05) is 0 Å². The Bertz CT molecular complexity index is 887. The second-order valence-electron chi connectivity index (χ2n) is 6.86. The van der Waals surface area contributed by atoms with Gasteiger partial charge in [0, 0.05) is 12.8 Å². The normalized spacial score (nSPS) is 15.4. The summed E-state index contributed by atoms with van der Waals surface area (Å²) in [4.78, 5) is 11.4. The zero-order valence-corrected chi connectivity index (χ0v) is 14.3. The standard InChI is InChI=1S/C23H22O2/c24-22-12-10-19(11-13-22)21-6-3-7-23(15-21)25-16-17-8-9-18-4-1-2-5-20(18)14-17/h1-9,14-15,19H,10-13,16H2. The van der Waals surface area contributed by atoms with E-state index < -0.39 is 0 Å². The molecule has 4 rings (SSSR count). The molecule has 1 fully saturated rings. The van der Waals surface area contributed by atoms with Crippen LogP contribution >= 0.6 is 0 Å². The highest BCUT2D eigenvalue weighted by Crippen LogP contribution is 2.32. The highest BCUT2D eigenvalue weighted by atomic mass is 16.5. The summed E-state index contributed by atoms with van der Waals surface area (Å²) in [5.41, 5.74) is 2.47. The van der Waals surface area contributed by atoms with Crippen molar-refractivity contribution in [1.29, 1.82) is 0 Å². The summed E-state index contributed by atoms with van der Waals surface area (Å²) in [5.74, 6) is 1.80. The molecule has 0 aromatic heterocycles. The van der Waals surface area contributed by atoms with Crippen LogP contribution in [0.2, 0.25) is 0 Å². The average Bonchev–Trinajstić information content (AvgIpc) is 2.67. The maximum absolute atomic E-state index is 11.4. The zero-order chi connectivity index (χ0) is 17.1. The van der Waals surface area contributed by atoms with Crippen LogP contribution in [0.25, 0.3) is 10.8 Å². The molecule has 2 heteroatoms. The lowest BCUT2D eigenvalue weighted by Crippen LogP contribution is -2.12. The molecule has 0 heterocycles. The molecule has 0 amide bonds. The van der Waals surface area contributed by atoms with Crippen molar-refractivity contribution in [2.24, 2.45) is 0 Å². The van der Waals surface area contributed by atoms with Gasteiger partial charge in [0.15, 0.2) is 0 Å². The summed E-state index contributed by atoms with van der Waals surface area (Å²) in [5, 5.41) is 2.49. The molecule has 0 spiro atoms. The van der Waals surface area contributed by atoms with Gasteiger partial charge in [0.25, 0.3) is 0 Å². The lowest BCUT2D eigenvalue weighted by atomic mass is 9.83. The molecule has 0 N–H and O–H groups in total. The van der Waals surface area contributed by atoms with Crippen molar-refractivity contribution < 1.29 is 9.53 Å². The fraction of sp³-hybridized carbons (Fsp3) is 0.261. The maximum atomic E-state index is 11.4.